The first kappa shape index (κ1) is 15.8. The summed E-state index contributed by atoms with van der Waals surface area (Å²) in [7, 11) is -3.72. The van der Waals surface area contributed by atoms with Crippen molar-refractivity contribution in [2.45, 2.75) is 18.4 Å². The molecule has 1 aromatic heterocycles. The summed E-state index contributed by atoms with van der Waals surface area (Å²) in [6.45, 7) is 1.52. The summed E-state index contributed by atoms with van der Waals surface area (Å²) in [6, 6.07) is 6.36. The summed E-state index contributed by atoms with van der Waals surface area (Å²) in [4.78, 5) is 1.38. The quantitative estimate of drug-likeness (QED) is 0.827. The van der Waals surface area contributed by atoms with Crippen LogP contribution in [-0.4, -0.2) is 13.5 Å². The number of halogens is 2. The molecule has 2 N–H and O–H groups in total. The zero-order valence-corrected chi connectivity index (χ0v) is 14.3. The number of aryl methyl sites for hydroxylation is 1. The molecule has 0 saturated heterocycles. The van der Waals surface area contributed by atoms with Crippen LogP contribution >= 0.6 is 38.9 Å². The number of thiophene rings is 1. The second-order valence-electron chi connectivity index (χ2n) is 4.02. The molecule has 0 aliphatic heterocycles. The van der Waals surface area contributed by atoms with Gasteiger partial charge in [-0.3, -0.25) is 4.72 Å². The van der Waals surface area contributed by atoms with Gasteiger partial charge in [-0.1, -0.05) is 27.5 Å². The smallest absolute Gasteiger partial charge is 0.263 e. The van der Waals surface area contributed by atoms with Crippen LogP contribution in [0.1, 0.15) is 9.75 Å². The van der Waals surface area contributed by atoms with Crippen molar-refractivity contribution in [1.82, 2.24) is 0 Å². The van der Waals surface area contributed by atoms with Crippen molar-refractivity contribution < 1.29 is 13.5 Å². The highest BCUT2D eigenvalue weighted by Gasteiger charge is 2.20. The van der Waals surface area contributed by atoms with Crippen molar-refractivity contribution in [3.8, 4) is 0 Å². The van der Waals surface area contributed by atoms with Crippen LogP contribution < -0.4 is 4.72 Å². The van der Waals surface area contributed by atoms with E-state index >= 15 is 0 Å². The van der Waals surface area contributed by atoms with E-state index in [0.717, 1.165) is 4.47 Å². The van der Waals surface area contributed by atoms with Crippen molar-refractivity contribution >= 4 is 54.6 Å². The van der Waals surface area contributed by atoms with E-state index in [4.69, 9.17) is 16.7 Å². The average Bonchev–Trinajstić information content (AvgIpc) is 2.75. The molecular formula is C12H11BrClNO3S2. The van der Waals surface area contributed by atoms with E-state index in [2.05, 4.69) is 20.7 Å². The number of aliphatic hydroxyl groups is 1. The minimum atomic E-state index is -3.72. The Hall–Kier alpha value is -0.600. The molecule has 0 atom stereocenters. The van der Waals surface area contributed by atoms with Gasteiger partial charge in [0.2, 0.25) is 0 Å². The first-order chi connectivity index (χ1) is 9.33. The van der Waals surface area contributed by atoms with Crippen molar-refractivity contribution in [2.75, 3.05) is 4.72 Å². The van der Waals surface area contributed by atoms with Crippen LogP contribution in [0.2, 0.25) is 5.02 Å². The highest BCUT2D eigenvalue weighted by molar-refractivity contribution is 9.10. The van der Waals surface area contributed by atoms with Crippen LogP contribution in [0.3, 0.4) is 0 Å². The number of aliphatic hydroxyl groups excluding tert-OH is 1. The molecule has 108 valence electrons. The van der Waals surface area contributed by atoms with Crippen molar-refractivity contribution in [3.63, 3.8) is 0 Å². The molecule has 0 radical (unpaired) electrons. The lowest BCUT2D eigenvalue weighted by molar-refractivity contribution is 0.285. The van der Waals surface area contributed by atoms with Gasteiger partial charge in [-0.25, -0.2) is 8.42 Å². The molecule has 0 fully saturated rings. The standard InChI is InChI=1S/C12H11BrClNO3S2/c1-7-12(5-9(6-16)19-7)20(17,18)15-11-3-2-8(13)4-10(11)14/h2-5,15-16H,6H2,1H3. The lowest BCUT2D eigenvalue weighted by Gasteiger charge is -2.09. The first-order valence-corrected chi connectivity index (χ1v) is 8.98. The Morgan fingerprint density at radius 3 is 2.65 bits per heavy atom. The molecule has 2 rings (SSSR count). The number of anilines is 1. The molecule has 2 aromatic rings. The molecule has 8 heteroatoms. The number of rotatable bonds is 4. The summed E-state index contributed by atoms with van der Waals surface area (Å²) in [5, 5.41) is 9.38. The molecule has 0 amide bonds. The van der Waals surface area contributed by atoms with E-state index in [1.165, 1.54) is 17.4 Å². The molecule has 1 heterocycles. The molecule has 0 aliphatic carbocycles. The van der Waals surface area contributed by atoms with E-state index in [9.17, 15) is 8.42 Å². The van der Waals surface area contributed by atoms with Crippen LogP contribution in [0.4, 0.5) is 5.69 Å². The van der Waals surface area contributed by atoms with E-state index < -0.39 is 10.0 Å². The highest BCUT2D eigenvalue weighted by atomic mass is 79.9. The Morgan fingerprint density at radius 2 is 2.10 bits per heavy atom. The second-order valence-corrected chi connectivity index (χ2v) is 8.34. The summed E-state index contributed by atoms with van der Waals surface area (Å²) in [5.41, 5.74) is 0.311. The highest BCUT2D eigenvalue weighted by Crippen LogP contribution is 2.31. The third kappa shape index (κ3) is 3.35. The monoisotopic (exact) mass is 395 g/mol. The lowest BCUT2D eigenvalue weighted by atomic mass is 10.3. The van der Waals surface area contributed by atoms with Gasteiger partial charge in [0.25, 0.3) is 10.0 Å². The SMILES string of the molecule is Cc1sc(CO)cc1S(=O)(=O)Nc1ccc(Br)cc1Cl. The van der Waals surface area contributed by atoms with Crippen LogP contribution in [0.5, 0.6) is 0 Å². The Bertz CT molecular complexity index is 743. The third-order valence-electron chi connectivity index (χ3n) is 2.54. The summed E-state index contributed by atoms with van der Waals surface area (Å²) in [6.07, 6.45) is 0. The number of hydrogen-bond acceptors (Lipinski definition) is 4. The number of sulfonamides is 1. The largest absolute Gasteiger partial charge is 0.391 e. The fourth-order valence-electron chi connectivity index (χ4n) is 1.64. The fourth-order valence-corrected chi connectivity index (χ4v) is 4.99. The number of hydrogen-bond donors (Lipinski definition) is 2. The fraction of sp³-hybridized carbons (Fsp3) is 0.167. The maximum absolute atomic E-state index is 12.3. The van der Waals surface area contributed by atoms with E-state index in [0.29, 0.717) is 20.5 Å². The average molecular weight is 397 g/mol. The van der Waals surface area contributed by atoms with Gasteiger partial charge >= 0.3 is 0 Å². The minimum Gasteiger partial charge on any atom is -0.391 e. The maximum Gasteiger partial charge on any atom is 0.263 e. The van der Waals surface area contributed by atoms with Crippen molar-refractivity contribution in [1.29, 1.82) is 0 Å². The number of nitrogens with one attached hydrogen (secondary N) is 1. The van der Waals surface area contributed by atoms with Crippen LogP contribution in [0.25, 0.3) is 0 Å². The third-order valence-corrected chi connectivity index (χ3v) is 6.01. The van der Waals surface area contributed by atoms with Gasteiger partial charge < -0.3 is 5.11 Å². The molecule has 0 bridgehead atoms. The molecule has 0 unspecified atom stereocenters. The zero-order valence-electron chi connectivity index (χ0n) is 10.4. The zero-order chi connectivity index (χ0) is 14.9. The summed E-state index contributed by atoms with van der Waals surface area (Å²) >= 11 is 10.5. The molecular weight excluding hydrogens is 386 g/mol. The summed E-state index contributed by atoms with van der Waals surface area (Å²) in [5.74, 6) is 0. The predicted octanol–water partition coefficient (Wildman–Crippen LogP) is 3.77. The maximum atomic E-state index is 12.3. The van der Waals surface area contributed by atoms with Crippen molar-refractivity contribution in [3.05, 3.63) is 43.5 Å². The van der Waals surface area contributed by atoms with Gasteiger partial charge in [0, 0.05) is 14.2 Å². The van der Waals surface area contributed by atoms with E-state index in [-0.39, 0.29) is 11.5 Å². The molecule has 0 spiro atoms. The van der Waals surface area contributed by atoms with Gasteiger partial charge in [0.1, 0.15) is 4.90 Å². The van der Waals surface area contributed by atoms with E-state index in [1.807, 2.05) is 0 Å². The Labute approximate surface area is 134 Å². The lowest BCUT2D eigenvalue weighted by Crippen LogP contribution is -2.13. The van der Waals surface area contributed by atoms with Gasteiger partial charge in [0.15, 0.2) is 0 Å². The van der Waals surface area contributed by atoms with Gasteiger partial charge in [-0.05, 0) is 31.2 Å². The predicted molar refractivity (Wildman–Crippen MR) is 84.9 cm³/mol. The second kappa shape index (κ2) is 6.03. The van der Waals surface area contributed by atoms with Crippen LogP contribution in [-0.2, 0) is 16.6 Å². The minimum absolute atomic E-state index is 0.158. The van der Waals surface area contributed by atoms with Gasteiger partial charge in [-0.15, -0.1) is 11.3 Å². The molecule has 4 nitrogen and oxygen atoms in total. The molecule has 20 heavy (non-hydrogen) atoms. The Morgan fingerprint density at radius 1 is 1.40 bits per heavy atom. The Balaban J connectivity index is 2.38. The summed E-state index contributed by atoms with van der Waals surface area (Å²) < 4.78 is 27.9. The molecule has 0 aliphatic rings. The van der Waals surface area contributed by atoms with E-state index in [1.54, 1.807) is 25.1 Å². The topological polar surface area (TPSA) is 66.4 Å². The normalized spacial score (nSPS) is 11.6. The van der Waals surface area contributed by atoms with Crippen LogP contribution in [0, 0.1) is 6.92 Å². The van der Waals surface area contributed by atoms with Crippen LogP contribution in [0.15, 0.2) is 33.6 Å². The number of benzene rings is 1. The molecule has 1 aromatic carbocycles. The van der Waals surface area contributed by atoms with Gasteiger partial charge in [0.05, 0.1) is 17.3 Å². The van der Waals surface area contributed by atoms with Gasteiger partial charge in [-0.2, -0.15) is 0 Å². The van der Waals surface area contributed by atoms with Crippen molar-refractivity contribution in [2.24, 2.45) is 0 Å². The molecule has 0 saturated carbocycles. The Kier molecular flexibility index (Phi) is 4.76. The first-order valence-electron chi connectivity index (χ1n) is 5.51.